The highest BCUT2D eigenvalue weighted by Crippen LogP contribution is 2.46. The normalized spacial score (nSPS) is 24.6. The third-order valence-electron chi connectivity index (χ3n) is 6.69. The highest BCUT2D eigenvalue weighted by molar-refractivity contribution is 5.47. The highest BCUT2D eigenvalue weighted by atomic mass is 15.2. The first-order valence-electron chi connectivity index (χ1n) is 12.0. The van der Waals surface area contributed by atoms with Crippen molar-refractivity contribution in [2.75, 3.05) is 6.54 Å². The molecule has 2 aliphatic carbocycles. The molecule has 1 aromatic rings. The quantitative estimate of drug-likeness (QED) is 0.373. The van der Waals surface area contributed by atoms with Crippen LogP contribution in [-0.4, -0.2) is 17.5 Å². The molecule has 1 heteroatoms. The SMILES string of the molecule is C=C/C=C\C=C/CN1C2=CC=CCC2C2C=CC(/C(=C/Cc3ccccc3)CCC)=CC21. The predicted octanol–water partition coefficient (Wildman–Crippen LogP) is 7.51. The van der Waals surface area contributed by atoms with Crippen LogP contribution >= 0.6 is 0 Å². The first-order valence-corrected chi connectivity index (χ1v) is 12.0. The summed E-state index contributed by atoms with van der Waals surface area (Å²) < 4.78 is 0. The van der Waals surface area contributed by atoms with E-state index in [4.69, 9.17) is 0 Å². The van der Waals surface area contributed by atoms with Gasteiger partial charge in [-0.15, -0.1) is 0 Å². The Morgan fingerprint density at radius 3 is 2.84 bits per heavy atom. The molecule has 0 amide bonds. The molecule has 1 nitrogen and oxygen atoms in total. The fourth-order valence-corrected chi connectivity index (χ4v) is 5.15. The minimum absolute atomic E-state index is 0.427. The minimum Gasteiger partial charge on any atom is -0.364 e. The Morgan fingerprint density at radius 1 is 1.16 bits per heavy atom. The van der Waals surface area contributed by atoms with Crippen LogP contribution in [0.1, 0.15) is 31.7 Å². The van der Waals surface area contributed by atoms with Crippen molar-refractivity contribution in [3.05, 3.63) is 132 Å². The molecule has 0 spiro atoms. The second kappa shape index (κ2) is 11.0. The van der Waals surface area contributed by atoms with Gasteiger partial charge >= 0.3 is 0 Å². The molecular weight excluding hydrogens is 386 g/mol. The zero-order valence-electron chi connectivity index (χ0n) is 19.2. The van der Waals surface area contributed by atoms with E-state index < -0.39 is 0 Å². The van der Waals surface area contributed by atoms with Gasteiger partial charge in [-0.3, -0.25) is 0 Å². The molecule has 3 unspecified atom stereocenters. The van der Waals surface area contributed by atoms with Gasteiger partial charge in [0, 0.05) is 24.1 Å². The zero-order valence-corrected chi connectivity index (χ0v) is 19.2. The summed E-state index contributed by atoms with van der Waals surface area (Å²) in [6, 6.07) is 11.2. The van der Waals surface area contributed by atoms with Gasteiger partial charge in [0.05, 0.1) is 6.04 Å². The van der Waals surface area contributed by atoms with Gasteiger partial charge in [-0.1, -0.05) is 117 Å². The number of likely N-dealkylation sites (tertiary alicyclic amines) is 1. The van der Waals surface area contributed by atoms with Crippen LogP contribution in [0.3, 0.4) is 0 Å². The summed E-state index contributed by atoms with van der Waals surface area (Å²) in [4.78, 5) is 2.61. The second-order valence-corrected chi connectivity index (χ2v) is 8.78. The second-order valence-electron chi connectivity index (χ2n) is 8.78. The van der Waals surface area contributed by atoms with E-state index in [1.165, 1.54) is 28.8 Å². The fourth-order valence-electron chi connectivity index (χ4n) is 5.15. The first kappa shape index (κ1) is 22.1. The van der Waals surface area contributed by atoms with Gasteiger partial charge in [0.15, 0.2) is 0 Å². The molecule has 0 aromatic heterocycles. The molecule has 0 saturated carbocycles. The minimum atomic E-state index is 0.427. The predicted molar refractivity (Wildman–Crippen MR) is 138 cm³/mol. The van der Waals surface area contributed by atoms with E-state index in [2.05, 4.69) is 109 Å². The van der Waals surface area contributed by atoms with Gasteiger partial charge in [-0.2, -0.15) is 0 Å². The average molecular weight is 422 g/mol. The molecule has 1 saturated heterocycles. The van der Waals surface area contributed by atoms with Crippen LogP contribution < -0.4 is 0 Å². The van der Waals surface area contributed by atoms with Crippen LogP contribution in [0.5, 0.6) is 0 Å². The molecule has 0 N–H and O–H groups in total. The number of hydrogen-bond acceptors (Lipinski definition) is 1. The molecule has 32 heavy (non-hydrogen) atoms. The van der Waals surface area contributed by atoms with Crippen LogP contribution in [0.2, 0.25) is 0 Å². The number of benzene rings is 1. The Balaban J connectivity index is 1.59. The first-order chi connectivity index (χ1) is 15.8. The summed E-state index contributed by atoms with van der Waals surface area (Å²) in [5.74, 6) is 1.16. The smallest absolute Gasteiger partial charge is 0.0551 e. The number of hydrogen-bond donors (Lipinski definition) is 0. The van der Waals surface area contributed by atoms with E-state index in [0.717, 1.165) is 25.8 Å². The van der Waals surface area contributed by atoms with E-state index in [0.29, 0.717) is 17.9 Å². The monoisotopic (exact) mass is 421 g/mol. The Morgan fingerprint density at radius 2 is 2.03 bits per heavy atom. The summed E-state index contributed by atoms with van der Waals surface area (Å²) in [6.07, 6.45) is 31.5. The number of fused-ring (bicyclic) bond motifs is 3. The molecule has 3 aliphatic rings. The van der Waals surface area contributed by atoms with Gasteiger partial charge < -0.3 is 4.90 Å². The molecular formula is C31H35N. The van der Waals surface area contributed by atoms with Gasteiger partial charge in [-0.05, 0) is 42.0 Å². The van der Waals surface area contributed by atoms with Crippen molar-refractivity contribution >= 4 is 0 Å². The van der Waals surface area contributed by atoms with Crippen molar-refractivity contribution < 1.29 is 0 Å². The standard InChI is InChI=1S/C31H35N/c1-3-5-6-7-13-23-32-30-18-12-11-17-28(30)29-22-21-27(24-31(29)32)26(14-4-2)20-19-25-15-9-8-10-16-25/h3,5-13,15-16,18,20-22,24,28-29,31H,1,4,14,17,19,23H2,2H3/b6-5-,13-7-,26-20+. The average Bonchev–Trinajstić information content (AvgIpc) is 3.15. The third-order valence-corrected chi connectivity index (χ3v) is 6.69. The third kappa shape index (κ3) is 5.05. The maximum absolute atomic E-state index is 3.75. The van der Waals surface area contributed by atoms with Crippen LogP contribution in [0.4, 0.5) is 0 Å². The number of allylic oxidation sites excluding steroid dienone is 12. The van der Waals surface area contributed by atoms with Gasteiger partial charge in [0.1, 0.15) is 0 Å². The maximum atomic E-state index is 3.75. The zero-order chi connectivity index (χ0) is 22.2. The lowest BCUT2D eigenvalue weighted by Crippen LogP contribution is -2.31. The van der Waals surface area contributed by atoms with E-state index in [-0.39, 0.29) is 0 Å². The van der Waals surface area contributed by atoms with Crippen molar-refractivity contribution in [2.45, 2.75) is 38.6 Å². The van der Waals surface area contributed by atoms with Crippen LogP contribution in [0.15, 0.2) is 127 Å². The lowest BCUT2D eigenvalue weighted by atomic mass is 9.80. The Hall–Kier alpha value is -3.06. The van der Waals surface area contributed by atoms with Crippen LogP contribution in [-0.2, 0) is 6.42 Å². The Kier molecular flexibility index (Phi) is 7.61. The lowest BCUT2D eigenvalue weighted by Gasteiger charge is -2.29. The Labute approximate surface area is 194 Å². The largest absolute Gasteiger partial charge is 0.364 e. The Bertz CT molecular complexity index is 996. The molecule has 1 heterocycles. The highest BCUT2D eigenvalue weighted by Gasteiger charge is 2.43. The van der Waals surface area contributed by atoms with Gasteiger partial charge in [0.25, 0.3) is 0 Å². The molecule has 3 atom stereocenters. The molecule has 1 aromatic carbocycles. The summed E-state index contributed by atoms with van der Waals surface area (Å²) in [7, 11) is 0. The van der Waals surface area contributed by atoms with E-state index in [9.17, 15) is 0 Å². The molecule has 1 aliphatic heterocycles. The van der Waals surface area contributed by atoms with Crippen molar-refractivity contribution in [2.24, 2.45) is 11.8 Å². The molecule has 1 fully saturated rings. The topological polar surface area (TPSA) is 3.24 Å². The molecule has 0 bridgehead atoms. The fraction of sp³-hybridized carbons (Fsp3) is 0.290. The summed E-state index contributed by atoms with van der Waals surface area (Å²) >= 11 is 0. The van der Waals surface area contributed by atoms with Gasteiger partial charge in [0.2, 0.25) is 0 Å². The maximum Gasteiger partial charge on any atom is 0.0551 e. The lowest BCUT2D eigenvalue weighted by molar-refractivity contribution is 0.342. The summed E-state index contributed by atoms with van der Waals surface area (Å²) in [5, 5.41) is 0. The summed E-state index contributed by atoms with van der Waals surface area (Å²) in [5.41, 5.74) is 5.77. The molecule has 164 valence electrons. The van der Waals surface area contributed by atoms with Gasteiger partial charge in [-0.25, -0.2) is 0 Å². The van der Waals surface area contributed by atoms with Crippen LogP contribution in [0.25, 0.3) is 0 Å². The molecule has 0 radical (unpaired) electrons. The van der Waals surface area contributed by atoms with Crippen molar-refractivity contribution in [1.29, 1.82) is 0 Å². The van der Waals surface area contributed by atoms with Crippen molar-refractivity contribution in [3.63, 3.8) is 0 Å². The van der Waals surface area contributed by atoms with Crippen molar-refractivity contribution in [3.8, 4) is 0 Å². The van der Waals surface area contributed by atoms with E-state index >= 15 is 0 Å². The molecule has 4 rings (SSSR count). The van der Waals surface area contributed by atoms with Crippen LogP contribution in [0, 0.1) is 11.8 Å². The van der Waals surface area contributed by atoms with E-state index in [1.807, 2.05) is 12.2 Å². The van der Waals surface area contributed by atoms with E-state index in [1.54, 1.807) is 0 Å². The number of nitrogens with zero attached hydrogens (tertiary/aromatic N) is 1. The van der Waals surface area contributed by atoms with Crippen molar-refractivity contribution in [1.82, 2.24) is 4.90 Å². The number of rotatable bonds is 9. The summed E-state index contributed by atoms with van der Waals surface area (Å²) in [6.45, 7) is 6.97.